The predicted octanol–water partition coefficient (Wildman–Crippen LogP) is 2.83. The first kappa shape index (κ1) is 11.9. The Kier molecular flexibility index (Phi) is 3.71. The van der Waals surface area contributed by atoms with Gasteiger partial charge < -0.3 is 5.11 Å². The van der Waals surface area contributed by atoms with Crippen LogP contribution in [0.1, 0.15) is 15.9 Å². The van der Waals surface area contributed by atoms with Crippen molar-refractivity contribution in [2.45, 2.75) is 0 Å². The Balaban J connectivity index is 2.12. The van der Waals surface area contributed by atoms with Crippen molar-refractivity contribution in [3.63, 3.8) is 0 Å². The zero-order valence-corrected chi connectivity index (χ0v) is 9.58. The van der Waals surface area contributed by atoms with Gasteiger partial charge in [-0.15, -0.1) is 0 Å². The van der Waals surface area contributed by atoms with E-state index in [9.17, 15) is 4.79 Å². The van der Waals surface area contributed by atoms with Crippen molar-refractivity contribution in [1.29, 1.82) is 0 Å². The van der Waals surface area contributed by atoms with E-state index in [1.807, 2.05) is 30.3 Å². The molecule has 0 atom stereocenters. The first-order valence-electron chi connectivity index (χ1n) is 5.44. The Morgan fingerprint density at radius 2 is 1.72 bits per heavy atom. The molecule has 0 saturated carbocycles. The second kappa shape index (κ2) is 5.63. The standard InChI is InChI=1S/C14H12N2O2/c17-14(18)13-9-5-4-6-11(13)10-15-16-12-7-2-1-3-8-12/h1-10,16H,(H,17,18). The molecule has 0 aliphatic heterocycles. The molecule has 0 fully saturated rings. The number of aromatic carboxylic acids is 1. The summed E-state index contributed by atoms with van der Waals surface area (Å²) in [6.07, 6.45) is 1.50. The van der Waals surface area contributed by atoms with Crippen LogP contribution in [0.25, 0.3) is 0 Å². The number of hydrogen-bond acceptors (Lipinski definition) is 3. The number of para-hydroxylation sites is 1. The SMILES string of the molecule is O=C(O)c1ccccc1C=NNc1ccccc1. The van der Waals surface area contributed by atoms with Gasteiger partial charge in [0.1, 0.15) is 0 Å². The molecule has 2 rings (SSSR count). The summed E-state index contributed by atoms with van der Waals surface area (Å²) in [6, 6.07) is 16.2. The van der Waals surface area contributed by atoms with Crippen LogP contribution in [0.5, 0.6) is 0 Å². The molecule has 0 aromatic heterocycles. The van der Waals surface area contributed by atoms with E-state index >= 15 is 0 Å². The molecule has 0 aliphatic rings. The quantitative estimate of drug-likeness (QED) is 0.638. The van der Waals surface area contributed by atoms with Gasteiger partial charge >= 0.3 is 5.97 Å². The van der Waals surface area contributed by atoms with E-state index in [-0.39, 0.29) is 5.56 Å². The van der Waals surface area contributed by atoms with Crippen LogP contribution in [0.3, 0.4) is 0 Å². The number of carboxylic acids is 1. The van der Waals surface area contributed by atoms with Gasteiger partial charge in [0, 0.05) is 5.56 Å². The molecule has 90 valence electrons. The highest BCUT2D eigenvalue weighted by Crippen LogP contribution is 2.07. The van der Waals surface area contributed by atoms with Crippen molar-refractivity contribution < 1.29 is 9.90 Å². The maximum Gasteiger partial charge on any atom is 0.336 e. The lowest BCUT2D eigenvalue weighted by molar-refractivity contribution is 0.0697. The Morgan fingerprint density at radius 1 is 1.06 bits per heavy atom. The van der Waals surface area contributed by atoms with Crippen molar-refractivity contribution in [3.8, 4) is 0 Å². The van der Waals surface area contributed by atoms with Gasteiger partial charge in [0.25, 0.3) is 0 Å². The molecule has 2 aromatic rings. The minimum atomic E-state index is -0.961. The Bertz CT molecular complexity index is 565. The number of anilines is 1. The molecule has 2 aromatic carbocycles. The van der Waals surface area contributed by atoms with E-state index in [4.69, 9.17) is 5.11 Å². The number of carbonyl (C=O) groups is 1. The summed E-state index contributed by atoms with van der Waals surface area (Å²) in [7, 11) is 0. The zero-order valence-electron chi connectivity index (χ0n) is 9.58. The molecule has 2 N–H and O–H groups in total. The first-order valence-corrected chi connectivity index (χ1v) is 5.44. The number of carboxylic acid groups (broad SMARTS) is 1. The maximum absolute atomic E-state index is 11.0. The van der Waals surface area contributed by atoms with Gasteiger partial charge in [-0.2, -0.15) is 5.10 Å². The van der Waals surface area contributed by atoms with Gasteiger partial charge in [-0.3, -0.25) is 5.43 Å². The van der Waals surface area contributed by atoms with Crippen molar-refractivity contribution in [2.75, 3.05) is 5.43 Å². The highest BCUT2D eigenvalue weighted by molar-refractivity contribution is 5.98. The van der Waals surface area contributed by atoms with Gasteiger partial charge in [-0.1, -0.05) is 36.4 Å². The van der Waals surface area contributed by atoms with Crippen molar-refractivity contribution in [1.82, 2.24) is 0 Å². The van der Waals surface area contributed by atoms with E-state index in [2.05, 4.69) is 10.5 Å². The van der Waals surface area contributed by atoms with Crippen LogP contribution in [0.4, 0.5) is 5.69 Å². The third-order valence-corrected chi connectivity index (χ3v) is 2.36. The summed E-state index contributed by atoms with van der Waals surface area (Å²) in [5.74, 6) is -0.961. The second-order valence-electron chi connectivity index (χ2n) is 3.63. The van der Waals surface area contributed by atoms with Crippen LogP contribution in [-0.4, -0.2) is 17.3 Å². The fraction of sp³-hybridized carbons (Fsp3) is 0. The summed E-state index contributed by atoms with van der Waals surface area (Å²) in [6.45, 7) is 0. The molecule has 0 amide bonds. The number of benzene rings is 2. The van der Waals surface area contributed by atoms with Crippen LogP contribution >= 0.6 is 0 Å². The molecule has 0 heterocycles. The van der Waals surface area contributed by atoms with Crippen LogP contribution in [0.2, 0.25) is 0 Å². The van der Waals surface area contributed by atoms with Crippen LogP contribution in [0, 0.1) is 0 Å². The lowest BCUT2D eigenvalue weighted by Gasteiger charge is -2.01. The summed E-state index contributed by atoms with van der Waals surface area (Å²) in [5.41, 5.74) is 4.48. The molecule has 0 unspecified atom stereocenters. The monoisotopic (exact) mass is 240 g/mol. The summed E-state index contributed by atoms with van der Waals surface area (Å²) in [4.78, 5) is 11.0. The molecule has 4 nitrogen and oxygen atoms in total. The highest BCUT2D eigenvalue weighted by Gasteiger charge is 2.06. The highest BCUT2D eigenvalue weighted by atomic mass is 16.4. The smallest absolute Gasteiger partial charge is 0.336 e. The number of hydrogen-bond donors (Lipinski definition) is 2. The fourth-order valence-electron chi connectivity index (χ4n) is 1.49. The number of rotatable bonds is 4. The minimum absolute atomic E-state index is 0.233. The maximum atomic E-state index is 11.0. The largest absolute Gasteiger partial charge is 0.478 e. The van der Waals surface area contributed by atoms with Gasteiger partial charge in [0.2, 0.25) is 0 Å². The third kappa shape index (κ3) is 2.95. The molecule has 0 radical (unpaired) electrons. The topological polar surface area (TPSA) is 61.7 Å². The number of nitrogens with one attached hydrogen (secondary N) is 1. The summed E-state index contributed by atoms with van der Waals surface area (Å²) >= 11 is 0. The van der Waals surface area contributed by atoms with E-state index in [0.717, 1.165) is 5.69 Å². The predicted molar refractivity (Wildman–Crippen MR) is 71.1 cm³/mol. The van der Waals surface area contributed by atoms with Crippen molar-refractivity contribution in [3.05, 3.63) is 65.7 Å². The lowest BCUT2D eigenvalue weighted by Crippen LogP contribution is -2.02. The molecule has 18 heavy (non-hydrogen) atoms. The van der Waals surface area contributed by atoms with Gasteiger partial charge in [0.05, 0.1) is 17.5 Å². The van der Waals surface area contributed by atoms with Crippen LogP contribution in [0.15, 0.2) is 59.7 Å². The molecule has 0 bridgehead atoms. The Hall–Kier alpha value is -2.62. The van der Waals surface area contributed by atoms with Gasteiger partial charge in [-0.05, 0) is 18.2 Å². The number of nitrogens with zero attached hydrogens (tertiary/aromatic N) is 1. The molecular weight excluding hydrogens is 228 g/mol. The van der Waals surface area contributed by atoms with Gasteiger partial charge in [0.15, 0.2) is 0 Å². The fourth-order valence-corrected chi connectivity index (χ4v) is 1.49. The van der Waals surface area contributed by atoms with Crippen molar-refractivity contribution in [2.24, 2.45) is 5.10 Å². The van der Waals surface area contributed by atoms with Crippen molar-refractivity contribution >= 4 is 17.9 Å². The molecular formula is C14H12N2O2. The first-order chi connectivity index (χ1) is 8.77. The number of hydrazone groups is 1. The third-order valence-electron chi connectivity index (χ3n) is 2.36. The lowest BCUT2D eigenvalue weighted by atomic mass is 10.1. The second-order valence-corrected chi connectivity index (χ2v) is 3.63. The molecule has 4 heteroatoms. The van der Waals surface area contributed by atoms with E-state index < -0.39 is 5.97 Å². The zero-order chi connectivity index (χ0) is 12.8. The van der Waals surface area contributed by atoms with E-state index in [1.54, 1.807) is 24.3 Å². The minimum Gasteiger partial charge on any atom is -0.478 e. The Labute approximate surface area is 105 Å². The Morgan fingerprint density at radius 3 is 2.44 bits per heavy atom. The normalized spacial score (nSPS) is 10.4. The average Bonchev–Trinajstić information content (AvgIpc) is 2.40. The van der Waals surface area contributed by atoms with E-state index in [0.29, 0.717) is 5.56 Å². The van der Waals surface area contributed by atoms with Gasteiger partial charge in [-0.25, -0.2) is 4.79 Å². The molecule has 0 spiro atoms. The molecule has 0 saturated heterocycles. The van der Waals surface area contributed by atoms with Crippen LogP contribution < -0.4 is 5.43 Å². The summed E-state index contributed by atoms with van der Waals surface area (Å²) < 4.78 is 0. The molecule has 0 aliphatic carbocycles. The summed E-state index contributed by atoms with van der Waals surface area (Å²) in [5, 5.41) is 13.0. The average molecular weight is 240 g/mol. The van der Waals surface area contributed by atoms with Crippen LogP contribution in [-0.2, 0) is 0 Å². The van der Waals surface area contributed by atoms with E-state index in [1.165, 1.54) is 6.21 Å².